The molecular formula is C14H23N3O3S. The van der Waals surface area contributed by atoms with Crippen molar-refractivity contribution in [2.75, 3.05) is 13.3 Å². The van der Waals surface area contributed by atoms with Crippen LogP contribution in [0.4, 0.5) is 0 Å². The fraction of sp³-hybridized carbons (Fsp3) is 0.714. The lowest BCUT2D eigenvalue weighted by Gasteiger charge is -2.38. The Morgan fingerprint density at radius 3 is 2.62 bits per heavy atom. The van der Waals surface area contributed by atoms with Gasteiger partial charge in [0.15, 0.2) is 9.84 Å². The van der Waals surface area contributed by atoms with E-state index in [1.807, 2.05) is 0 Å². The molecule has 0 radical (unpaired) electrons. The summed E-state index contributed by atoms with van der Waals surface area (Å²) in [4.78, 5) is 14.2. The van der Waals surface area contributed by atoms with Gasteiger partial charge in [-0.3, -0.25) is 9.48 Å². The first kappa shape index (κ1) is 16.0. The van der Waals surface area contributed by atoms with Gasteiger partial charge in [0.05, 0.1) is 5.25 Å². The Bertz CT molecular complexity index is 583. The third kappa shape index (κ3) is 3.45. The van der Waals surface area contributed by atoms with Gasteiger partial charge in [-0.2, -0.15) is 5.10 Å². The van der Waals surface area contributed by atoms with Crippen molar-refractivity contribution in [3.05, 3.63) is 18.5 Å². The van der Waals surface area contributed by atoms with E-state index in [2.05, 4.69) is 5.10 Å². The Balaban J connectivity index is 2.17. The molecule has 1 fully saturated rings. The summed E-state index contributed by atoms with van der Waals surface area (Å²) in [6, 6.07) is 1.11. The van der Waals surface area contributed by atoms with Crippen LogP contribution in [-0.2, 0) is 14.6 Å². The monoisotopic (exact) mass is 313 g/mol. The molecule has 3 atom stereocenters. The minimum absolute atomic E-state index is 0.0979. The molecule has 1 aliphatic rings. The number of carbonyl (C=O) groups is 1. The Labute approximate surface area is 126 Å². The van der Waals surface area contributed by atoms with E-state index >= 15 is 0 Å². The van der Waals surface area contributed by atoms with Crippen LogP contribution in [0.25, 0.3) is 0 Å². The Hall–Kier alpha value is -1.37. The number of sulfone groups is 1. The van der Waals surface area contributed by atoms with Crippen LogP contribution in [0.1, 0.15) is 38.6 Å². The maximum atomic E-state index is 12.6. The predicted molar refractivity (Wildman–Crippen MR) is 80.6 cm³/mol. The van der Waals surface area contributed by atoms with Gasteiger partial charge in [-0.25, -0.2) is 8.42 Å². The van der Waals surface area contributed by atoms with Crippen LogP contribution < -0.4 is 0 Å². The van der Waals surface area contributed by atoms with Gasteiger partial charge in [-0.1, -0.05) is 12.8 Å². The average Bonchev–Trinajstić information content (AvgIpc) is 2.98. The smallest absolute Gasteiger partial charge is 0.247 e. The number of hydrogen-bond donors (Lipinski definition) is 0. The summed E-state index contributed by atoms with van der Waals surface area (Å²) >= 11 is 0. The number of likely N-dealkylation sites (N-methyl/N-ethyl adjacent to an activating group) is 1. The van der Waals surface area contributed by atoms with Crippen molar-refractivity contribution in [3.63, 3.8) is 0 Å². The van der Waals surface area contributed by atoms with Crippen molar-refractivity contribution in [1.82, 2.24) is 14.7 Å². The van der Waals surface area contributed by atoms with Gasteiger partial charge in [-0.15, -0.1) is 0 Å². The summed E-state index contributed by atoms with van der Waals surface area (Å²) in [5.41, 5.74) is 0. The second-order valence-corrected chi connectivity index (χ2v) is 8.10. The van der Waals surface area contributed by atoms with Gasteiger partial charge in [-0.05, 0) is 25.8 Å². The molecule has 21 heavy (non-hydrogen) atoms. The molecule has 0 aliphatic heterocycles. The summed E-state index contributed by atoms with van der Waals surface area (Å²) in [5.74, 6) is -0.0979. The summed E-state index contributed by atoms with van der Waals surface area (Å²) in [7, 11) is -1.44. The number of nitrogens with zero attached hydrogens (tertiary/aromatic N) is 3. The average molecular weight is 313 g/mol. The zero-order valence-corrected chi connectivity index (χ0v) is 13.6. The molecule has 0 bridgehead atoms. The fourth-order valence-corrected chi connectivity index (χ4v) is 4.58. The molecule has 0 saturated heterocycles. The van der Waals surface area contributed by atoms with E-state index in [1.54, 1.807) is 42.0 Å². The largest absolute Gasteiger partial charge is 0.340 e. The maximum absolute atomic E-state index is 12.6. The highest BCUT2D eigenvalue weighted by molar-refractivity contribution is 7.91. The molecule has 0 N–H and O–H groups in total. The van der Waals surface area contributed by atoms with E-state index in [-0.39, 0.29) is 11.9 Å². The molecule has 1 aromatic rings. The first-order valence-corrected chi connectivity index (χ1v) is 9.22. The van der Waals surface area contributed by atoms with Crippen molar-refractivity contribution in [2.24, 2.45) is 0 Å². The Kier molecular flexibility index (Phi) is 4.70. The Morgan fingerprint density at radius 1 is 1.38 bits per heavy atom. The van der Waals surface area contributed by atoms with Crippen molar-refractivity contribution in [1.29, 1.82) is 0 Å². The molecule has 1 aliphatic carbocycles. The van der Waals surface area contributed by atoms with E-state index in [9.17, 15) is 13.2 Å². The summed E-state index contributed by atoms with van der Waals surface area (Å²) in [6.07, 6.45) is 7.89. The topological polar surface area (TPSA) is 72.3 Å². The van der Waals surface area contributed by atoms with E-state index < -0.39 is 21.1 Å². The van der Waals surface area contributed by atoms with Gasteiger partial charge < -0.3 is 4.90 Å². The highest BCUT2D eigenvalue weighted by Gasteiger charge is 2.38. The fourth-order valence-electron chi connectivity index (χ4n) is 3.10. The van der Waals surface area contributed by atoms with Crippen LogP contribution in [0.15, 0.2) is 18.5 Å². The van der Waals surface area contributed by atoms with Crippen LogP contribution in [0.3, 0.4) is 0 Å². The normalized spacial score (nSPS) is 24.5. The van der Waals surface area contributed by atoms with Crippen LogP contribution in [-0.4, -0.2) is 53.6 Å². The minimum Gasteiger partial charge on any atom is -0.340 e. The lowest BCUT2D eigenvalue weighted by atomic mass is 9.93. The Morgan fingerprint density at radius 2 is 2.05 bits per heavy atom. The van der Waals surface area contributed by atoms with Crippen molar-refractivity contribution >= 4 is 15.7 Å². The zero-order valence-electron chi connectivity index (χ0n) is 12.8. The second kappa shape index (κ2) is 6.17. The summed E-state index contributed by atoms with van der Waals surface area (Å²) < 4.78 is 25.5. The minimum atomic E-state index is -3.15. The number of hydrogen-bond acceptors (Lipinski definition) is 4. The van der Waals surface area contributed by atoms with Crippen molar-refractivity contribution in [2.45, 2.75) is 49.9 Å². The second-order valence-electron chi connectivity index (χ2n) is 5.83. The molecule has 0 unspecified atom stereocenters. The predicted octanol–water partition coefficient (Wildman–Crippen LogP) is 1.26. The standard InChI is InChI=1S/C14H23N3O3S/c1-11(17-10-6-9-15-17)14(18)16(2)12-7-4-5-8-13(12)21(3,19)20/h6,9-13H,4-5,7-8H2,1-3H3/t11-,12+,13+/m1/s1. The summed E-state index contributed by atoms with van der Waals surface area (Å²) in [6.45, 7) is 1.78. The van der Waals surface area contributed by atoms with Crippen LogP contribution >= 0.6 is 0 Å². The molecule has 1 amide bonds. The van der Waals surface area contributed by atoms with Gasteiger partial charge in [0.1, 0.15) is 6.04 Å². The third-order valence-corrected chi connectivity index (χ3v) is 5.99. The van der Waals surface area contributed by atoms with Gasteiger partial charge in [0.2, 0.25) is 5.91 Å². The van der Waals surface area contributed by atoms with Crippen molar-refractivity contribution < 1.29 is 13.2 Å². The molecule has 0 spiro atoms. The molecule has 6 nitrogen and oxygen atoms in total. The van der Waals surface area contributed by atoms with E-state index in [0.29, 0.717) is 6.42 Å². The molecule has 7 heteroatoms. The van der Waals surface area contributed by atoms with Gasteiger partial charge >= 0.3 is 0 Å². The van der Waals surface area contributed by atoms with E-state index in [4.69, 9.17) is 0 Å². The summed E-state index contributed by atoms with van der Waals surface area (Å²) in [5, 5.41) is 3.63. The van der Waals surface area contributed by atoms with Crippen molar-refractivity contribution in [3.8, 4) is 0 Å². The molecular weight excluding hydrogens is 290 g/mol. The quantitative estimate of drug-likeness (QED) is 0.839. The number of amides is 1. The van der Waals surface area contributed by atoms with Crippen LogP contribution in [0.5, 0.6) is 0 Å². The lowest BCUT2D eigenvalue weighted by Crippen LogP contribution is -2.50. The maximum Gasteiger partial charge on any atom is 0.247 e. The molecule has 1 aromatic heterocycles. The molecule has 118 valence electrons. The number of rotatable bonds is 4. The first-order valence-electron chi connectivity index (χ1n) is 7.27. The number of carbonyl (C=O) groups excluding carboxylic acids is 1. The van der Waals surface area contributed by atoms with Crippen LogP contribution in [0.2, 0.25) is 0 Å². The van der Waals surface area contributed by atoms with E-state index in [1.165, 1.54) is 6.26 Å². The number of aromatic nitrogens is 2. The van der Waals surface area contributed by atoms with E-state index in [0.717, 1.165) is 19.3 Å². The highest BCUT2D eigenvalue weighted by Crippen LogP contribution is 2.28. The third-order valence-electron chi connectivity index (χ3n) is 4.34. The first-order chi connectivity index (χ1) is 9.82. The van der Waals surface area contributed by atoms with Gasteiger partial charge in [0.25, 0.3) is 0 Å². The molecule has 1 saturated carbocycles. The van der Waals surface area contributed by atoms with Crippen LogP contribution in [0, 0.1) is 0 Å². The van der Waals surface area contributed by atoms with Gasteiger partial charge in [0, 0.05) is 31.7 Å². The SMILES string of the molecule is C[C@H](C(=O)N(C)[C@H]1CCCC[C@@H]1S(C)(=O)=O)n1cccn1. The lowest BCUT2D eigenvalue weighted by molar-refractivity contribution is -0.135. The highest BCUT2D eigenvalue weighted by atomic mass is 32.2. The molecule has 2 rings (SSSR count). The molecule has 1 heterocycles. The molecule has 0 aromatic carbocycles. The zero-order chi connectivity index (χ0) is 15.6.